The molecule has 1 heterocycles. The van der Waals surface area contributed by atoms with Crippen molar-refractivity contribution in [2.24, 2.45) is 5.73 Å². The number of aromatic amines is 1. The first-order chi connectivity index (χ1) is 7.70. The summed E-state index contributed by atoms with van der Waals surface area (Å²) in [6.07, 6.45) is 0. The third-order valence-electron chi connectivity index (χ3n) is 2.06. The highest BCUT2D eigenvalue weighted by Crippen LogP contribution is 2.31. The summed E-state index contributed by atoms with van der Waals surface area (Å²) in [5, 5.41) is 8.21. The molecule has 0 aliphatic heterocycles. The van der Waals surface area contributed by atoms with Gasteiger partial charge in [0, 0.05) is 16.5 Å². The van der Waals surface area contributed by atoms with Crippen LogP contribution >= 0.6 is 23.4 Å². The SMILES string of the molecule is Cc1nc(Sc2cccc(Cl)c2CN)n[nH]1. The van der Waals surface area contributed by atoms with Gasteiger partial charge in [0.05, 0.1) is 0 Å². The fourth-order valence-electron chi connectivity index (χ4n) is 1.30. The smallest absolute Gasteiger partial charge is 0.213 e. The van der Waals surface area contributed by atoms with Gasteiger partial charge in [-0.2, -0.15) is 0 Å². The molecule has 0 radical (unpaired) electrons. The molecule has 4 nitrogen and oxygen atoms in total. The van der Waals surface area contributed by atoms with Gasteiger partial charge in [-0.1, -0.05) is 17.7 Å². The highest BCUT2D eigenvalue weighted by molar-refractivity contribution is 7.99. The Bertz CT molecular complexity index is 497. The minimum atomic E-state index is 0.408. The molecule has 1 aromatic heterocycles. The van der Waals surface area contributed by atoms with Gasteiger partial charge in [0.25, 0.3) is 0 Å². The Morgan fingerprint density at radius 2 is 2.31 bits per heavy atom. The number of halogens is 1. The van der Waals surface area contributed by atoms with E-state index >= 15 is 0 Å². The van der Waals surface area contributed by atoms with Crippen LogP contribution in [0.1, 0.15) is 11.4 Å². The lowest BCUT2D eigenvalue weighted by molar-refractivity contribution is 0.964. The minimum Gasteiger partial charge on any atom is -0.326 e. The van der Waals surface area contributed by atoms with Gasteiger partial charge in [-0.05, 0) is 36.4 Å². The summed E-state index contributed by atoms with van der Waals surface area (Å²) < 4.78 is 0. The Morgan fingerprint density at radius 3 is 2.94 bits per heavy atom. The van der Waals surface area contributed by atoms with Crippen LogP contribution in [0.4, 0.5) is 0 Å². The van der Waals surface area contributed by atoms with E-state index in [9.17, 15) is 0 Å². The molecule has 0 fully saturated rings. The lowest BCUT2D eigenvalue weighted by Gasteiger charge is -2.06. The highest BCUT2D eigenvalue weighted by Gasteiger charge is 2.09. The second-order valence-corrected chi connectivity index (χ2v) is 4.64. The van der Waals surface area contributed by atoms with E-state index in [2.05, 4.69) is 15.2 Å². The molecule has 2 rings (SSSR count). The van der Waals surface area contributed by atoms with Gasteiger partial charge in [0.1, 0.15) is 5.82 Å². The maximum atomic E-state index is 6.06. The van der Waals surface area contributed by atoms with Gasteiger partial charge in [-0.25, -0.2) is 4.98 Å². The fraction of sp³-hybridized carbons (Fsp3) is 0.200. The van der Waals surface area contributed by atoms with E-state index in [1.165, 1.54) is 11.8 Å². The molecule has 3 N–H and O–H groups in total. The average Bonchev–Trinajstić information content (AvgIpc) is 2.64. The molecule has 0 saturated carbocycles. The van der Waals surface area contributed by atoms with Crippen molar-refractivity contribution in [3.63, 3.8) is 0 Å². The monoisotopic (exact) mass is 254 g/mol. The summed E-state index contributed by atoms with van der Waals surface area (Å²) in [6.45, 7) is 2.27. The zero-order valence-corrected chi connectivity index (χ0v) is 10.3. The number of nitrogens with one attached hydrogen (secondary N) is 1. The molecule has 0 atom stereocenters. The third-order valence-corrected chi connectivity index (χ3v) is 3.38. The van der Waals surface area contributed by atoms with Gasteiger partial charge >= 0.3 is 0 Å². The third kappa shape index (κ3) is 2.37. The van der Waals surface area contributed by atoms with Crippen LogP contribution in [0.15, 0.2) is 28.3 Å². The van der Waals surface area contributed by atoms with E-state index in [4.69, 9.17) is 17.3 Å². The number of hydrogen-bond donors (Lipinski definition) is 2. The van der Waals surface area contributed by atoms with Crippen molar-refractivity contribution in [1.29, 1.82) is 0 Å². The number of aromatic nitrogens is 3. The van der Waals surface area contributed by atoms with Crippen LogP contribution in [0.25, 0.3) is 0 Å². The lowest BCUT2D eigenvalue weighted by Crippen LogP contribution is -1.99. The highest BCUT2D eigenvalue weighted by atomic mass is 35.5. The molecule has 6 heteroatoms. The van der Waals surface area contributed by atoms with Crippen molar-refractivity contribution in [3.05, 3.63) is 34.6 Å². The van der Waals surface area contributed by atoms with Crippen molar-refractivity contribution in [1.82, 2.24) is 15.2 Å². The Balaban J connectivity index is 2.30. The zero-order valence-electron chi connectivity index (χ0n) is 8.70. The number of aryl methyl sites for hydroxylation is 1. The molecule has 16 heavy (non-hydrogen) atoms. The predicted octanol–water partition coefficient (Wildman–Crippen LogP) is 2.38. The largest absolute Gasteiger partial charge is 0.326 e. The van der Waals surface area contributed by atoms with Gasteiger partial charge in [0.15, 0.2) is 0 Å². The van der Waals surface area contributed by atoms with Crippen LogP contribution < -0.4 is 5.73 Å². The lowest BCUT2D eigenvalue weighted by atomic mass is 10.2. The Kier molecular flexibility index (Phi) is 3.48. The molecule has 0 saturated heterocycles. The van der Waals surface area contributed by atoms with E-state index in [0.29, 0.717) is 16.7 Å². The minimum absolute atomic E-state index is 0.408. The molecule has 2 aromatic rings. The number of nitrogens with two attached hydrogens (primary N) is 1. The second-order valence-electron chi connectivity index (χ2n) is 3.23. The molecule has 0 amide bonds. The average molecular weight is 255 g/mol. The van der Waals surface area contributed by atoms with E-state index in [-0.39, 0.29) is 0 Å². The van der Waals surface area contributed by atoms with Crippen molar-refractivity contribution in [2.45, 2.75) is 23.5 Å². The van der Waals surface area contributed by atoms with Gasteiger partial charge in [-0.15, -0.1) is 5.10 Å². The quantitative estimate of drug-likeness (QED) is 0.883. The summed E-state index contributed by atoms with van der Waals surface area (Å²) >= 11 is 7.51. The maximum Gasteiger partial charge on any atom is 0.213 e. The number of rotatable bonds is 3. The Morgan fingerprint density at radius 1 is 1.50 bits per heavy atom. The Hall–Kier alpha value is -1.04. The summed E-state index contributed by atoms with van der Waals surface area (Å²) in [5.74, 6) is 0.791. The van der Waals surface area contributed by atoms with E-state index in [1.54, 1.807) is 0 Å². The fourth-order valence-corrected chi connectivity index (χ4v) is 2.54. The predicted molar refractivity (Wildman–Crippen MR) is 64.6 cm³/mol. The Labute approximate surface area is 103 Å². The number of benzene rings is 1. The molecular formula is C10H11ClN4S. The molecule has 0 bridgehead atoms. The number of nitrogens with zero attached hydrogens (tertiary/aromatic N) is 2. The zero-order chi connectivity index (χ0) is 11.5. The van der Waals surface area contributed by atoms with Gasteiger partial charge in [0.2, 0.25) is 5.16 Å². The molecule has 0 unspecified atom stereocenters. The van der Waals surface area contributed by atoms with E-state index in [1.807, 2.05) is 25.1 Å². The van der Waals surface area contributed by atoms with Crippen LogP contribution in [0.3, 0.4) is 0 Å². The first kappa shape index (κ1) is 11.4. The summed E-state index contributed by atoms with van der Waals surface area (Å²) in [5.41, 5.74) is 6.59. The maximum absolute atomic E-state index is 6.06. The molecule has 84 valence electrons. The molecule has 0 aliphatic rings. The van der Waals surface area contributed by atoms with E-state index < -0.39 is 0 Å². The molecular weight excluding hydrogens is 244 g/mol. The standard InChI is InChI=1S/C10H11ClN4S/c1-6-13-10(15-14-6)16-9-4-2-3-8(11)7(9)5-12/h2-4H,5,12H2,1H3,(H,13,14,15). The van der Waals surface area contributed by atoms with Crippen LogP contribution in [0.5, 0.6) is 0 Å². The van der Waals surface area contributed by atoms with Crippen LogP contribution in [-0.2, 0) is 6.54 Å². The topological polar surface area (TPSA) is 67.6 Å². The van der Waals surface area contributed by atoms with E-state index in [0.717, 1.165) is 16.3 Å². The number of hydrogen-bond acceptors (Lipinski definition) is 4. The van der Waals surface area contributed by atoms with Crippen molar-refractivity contribution < 1.29 is 0 Å². The molecule has 0 aliphatic carbocycles. The normalized spacial score (nSPS) is 10.7. The van der Waals surface area contributed by atoms with Crippen molar-refractivity contribution in [2.75, 3.05) is 0 Å². The molecule has 1 aromatic carbocycles. The van der Waals surface area contributed by atoms with Crippen LogP contribution in [0, 0.1) is 6.92 Å². The second kappa shape index (κ2) is 4.86. The van der Waals surface area contributed by atoms with Crippen LogP contribution in [0.2, 0.25) is 5.02 Å². The van der Waals surface area contributed by atoms with Gasteiger partial charge < -0.3 is 5.73 Å². The first-order valence-corrected chi connectivity index (χ1v) is 5.94. The summed E-state index contributed by atoms with van der Waals surface area (Å²) in [7, 11) is 0. The summed E-state index contributed by atoms with van der Waals surface area (Å²) in [6, 6.07) is 5.69. The van der Waals surface area contributed by atoms with Crippen molar-refractivity contribution in [3.8, 4) is 0 Å². The first-order valence-electron chi connectivity index (χ1n) is 4.75. The van der Waals surface area contributed by atoms with Gasteiger partial charge in [-0.3, -0.25) is 5.10 Å². The number of H-pyrrole nitrogens is 1. The summed E-state index contributed by atoms with van der Waals surface area (Å²) in [4.78, 5) is 5.22. The molecule has 0 spiro atoms. The van der Waals surface area contributed by atoms with Crippen molar-refractivity contribution >= 4 is 23.4 Å². The van der Waals surface area contributed by atoms with Crippen LogP contribution in [-0.4, -0.2) is 15.2 Å².